The molecule has 0 aromatic carbocycles. The second-order valence-electron chi connectivity index (χ2n) is 6.21. The summed E-state index contributed by atoms with van der Waals surface area (Å²) in [7, 11) is -3.47. The fourth-order valence-corrected chi connectivity index (χ4v) is 3.54. The molecule has 0 aliphatic rings. The summed E-state index contributed by atoms with van der Waals surface area (Å²) >= 11 is 0. The number of sulfonamides is 1. The average Bonchev–Trinajstić information content (AvgIpc) is 2.12. The van der Waals surface area contributed by atoms with Crippen molar-refractivity contribution >= 4 is 10.0 Å². The summed E-state index contributed by atoms with van der Waals surface area (Å²) in [6.45, 7) is 10.5. The Bertz CT molecular complexity index is 325. The van der Waals surface area contributed by atoms with Crippen LogP contribution in [0.1, 0.15) is 60.3 Å². The molecule has 0 unspecified atom stereocenters. The van der Waals surface area contributed by atoms with Crippen LogP contribution in [0.3, 0.4) is 0 Å². The fourth-order valence-electron chi connectivity index (χ4n) is 2.31. The molecule has 0 aliphatic heterocycles. The van der Waals surface area contributed by atoms with Gasteiger partial charge in [-0.2, -0.15) is 0 Å². The van der Waals surface area contributed by atoms with Crippen molar-refractivity contribution in [2.24, 2.45) is 10.6 Å². The zero-order valence-corrected chi connectivity index (χ0v) is 13.3. The molecule has 0 amide bonds. The molecule has 0 aliphatic carbocycles. The van der Waals surface area contributed by atoms with E-state index in [0.717, 1.165) is 25.7 Å². The monoisotopic (exact) mass is 279 g/mol. The van der Waals surface area contributed by atoms with E-state index in [1.54, 1.807) is 0 Å². The summed E-state index contributed by atoms with van der Waals surface area (Å²) < 4.78 is 28.7. The molecule has 0 bridgehead atoms. The van der Waals surface area contributed by atoms with Crippen LogP contribution < -0.4 is 5.14 Å². The number of nitrogens with two attached hydrogens (primary N) is 1. The maximum atomic E-state index is 11.4. The average molecular weight is 279 g/mol. The van der Waals surface area contributed by atoms with E-state index in [9.17, 15) is 8.42 Å². The van der Waals surface area contributed by atoms with Crippen LogP contribution in [0.15, 0.2) is 0 Å². The molecule has 0 radical (unpaired) electrons. The molecule has 4 nitrogen and oxygen atoms in total. The Morgan fingerprint density at radius 3 is 1.78 bits per heavy atom. The van der Waals surface area contributed by atoms with Crippen molar-refractivity contribution in [3.05, 3.63) is 0 Å². The lowest BCUT2D eigenvalue weighted by molar-refractivity contribution is -0.0515. The topological polar surface area (TPSA) is 69.4 Å². The fraction of sp³-hybridized carbons (Fsp3) is 1.00. The van der Waals surface area contributed by atoms with E-state index < -0.39 is 10.0 Å². The van der Waals surface area contributed by atoms with Crippen molar-refractivity contribution in [1.29, 1.82) is 0 Å². The van der Waals surface area contributed by atoms with E-state index in [0.29, 0.717) is 6.61 Å². The quantitative estimate of drug-likeness (QED) is 0.742. The van der Waals surface area contributed by atoms with Gasteiger partial charge in [0.15, 0.2) is 0 Å². The van der Waals surface area contributed by atoms with Crippen LogP contribution in [-0.2, 0) is 14.8 Å². The molecule has 18 heavy (non-hydrogen) atoms. The highest BCUT2D eigenvalue weighted by molar-refractivity contribution is 7.89. The lowest BCUT2D eigenvalue weighted by atomic mass is 9.81. The van der Waals surface area contributed by atoms with E-state index in [1.165, 1.54) is 0 Å². The van der Waals surface area contributed by atoms with Crippen molar-refractivity contribution in [2.45, 2.75) is 65.9 Å². The number of ether oxygens (including phenoxy) is 1. The summed E-state index contributed by atoms with van der Waals surface area (Å²) in [5, 5.41) is 5.24. The van der Waals surface area contributed by atoms with Crippen LogP contribution in [0.5, 0.6) is 0 Å². The third-order valence-corrected chi connectivity index (χ3v) is 3.89. The SMILES string of the molecule is CCCC(CCC)(COC(C)(C)C)CS(N)(=O)=O. The first kappa shape index (κ1) is 17.9. The first-order valence-electron chi connectivity index (χ1n) is 6.68. The number of hydrogen-bond donors (Lipinski definition) is 1. The van der Waals surface area contributed by atoms with Crippen molar-refractivity contribution < 1.29 is 13.2 Å². The Labute approximate surface area is 112 Å². The summed E-state index contributed by atoms with van der Waals surface area (Å²) in [5.41, 5.74) is -0.602. The Morgan fingerprint density at radius 1 is 1.06 bits per heavy atom. The molecule has 0 aromatic rings. The molecule has 0 fully saturated rings. The van der Waals surface area contributed by atoms with E-state index in [1.807, 2.05) is 20.8 Å². The molecule has 0 saturated carbocycles. The molecule has 0 rings (SSSR count). The van der Waals surface area contributed by atoms with Gasteiger partial charge in [-0.1, -0.05) is 26.7 Å². The standard InChI is InChI=1S/C13H29NO3S/c1-6-8-13(9-7-2,11-18(14,15)16)10-17-12(3,4)5/h6-11H2,1-5H3,(H2,14,15,16). The lowest BCUT2D eigenvalue weighted by Gasteiger charge is -2.35. The number of hydrogen-bond acceptors (Lipinski definition) is 3. The van der Waals surface area contributed by atoms with E-state index in [2.05, 4.69) is 13.8 Å². The predicted molar refractivity (Wildman–Crippen MR) is 75.9 cm³/mol. The van der Waals surface area contributed by atoms with Crippen LogP contribution in [0.2, 0.25) is 0 Å². The predicted octanol–water partition coefficient (Wildman–Crippen LogP) is 2.68. The van der Waals surface area contributed by atoms with Gasteiger partial charge in [0.1, 0.15) is 0 Å². The largest absolute Gasteiger partial charge is 0.375 e. The zero-order valence-electron chi connectivity index (χ0n) is 12.5. The summed E-state index contributed by atoms with van der Waals surface area (Å²) in [6.07, 6.45) is 3.52. The molecule has 0 aromatic heterocycles. The Hall–Kier alpha value is -0.130. The van der Waals surface area contributed by atoms with E-state index >= 15 is 0 Å². The molecule has 0 spiro atoms. The third-order valence-electron chi connectivity index (χ3n) is 2.88. The minimum absolute atomic E-state index is 0.0117. The van der Waals surface area contributed by atoms with Crippen molar-refractivity contribution in [1.82, 2.24) is 0 Å². The van der Waals surface area contributed by atoms with Gasteiger partial charge in [0.05, 0.1) is 18.0 Å². The number of primary sulfonamides is 1. The van der Waals surface area contributed by atoms with Crippen molar-refractivity contribution in [3.63, 3.8) is 0 Å². The van der Waals surface area contributed by atoms with Gasteiger partial charge in [0.2, 0.25) is 10.0 Å². The molecular formula is C13H29NO3S. The maximum absolute atomic E-state index is 11.4. The Balaban J connectivity index is 4.96. The summed E-state index contributed by atoms with van der Waals surface area (Å²) in [4.78, 5) is 0. The lowest BCUT2D eigenvalue weighted by Crippen LogP contribution is -2.40. The molecule has 5 heteroatoms. The van der Waals surface area contributed by atoms with Gasteiger partial charge in [-0.25, -0.2) is 13.6 Å². The van der Waals surface area contributed by atoms with Crippen LogP contribution in [0.25, 0.3) is 0 Å². The second-order valence-corrected chi connectivity index (χ2v) is 7.82. The highest BCUT2D eigenvalue weighted by Crippen LogP contribution is 2.33. The second kappa shape index (κ2) is 6.87. The molecular weight excluding hydrogens is 250 g/mol. The van der Waals surface area contributed by atoms with Crippen molar-refractivity contribution in [3.8, 4) is 0 Å². The van der Waals surface area contributed by atoms with Crippen LogP contribution in [-0.4, -0.2) is 26.4 Å². The van der Waals surface area contributed by atoms with E-state index in [4.69, 9.17) is 9.88 Å². The molecule has 0 atom stereocenters. The summed E-state index contributed by atoms with van der Waals surface area (Å²) in [6, 6.07) is 0. The number of rotatable bonds is 8. The van der Waals surface area contributed by atoms with E-state index in [-0.39, 0.29) is 16.8 Å². The van der Waals surface area contributed by atoms with Gasteiger partial charge in [-0.15, -0.1) is 0 Å². The van der Waals surface area contributed by atoms with Gasteiger partial charge in [-0.05, 0) is 33.6 Å². The maximum Gasteiger partial charge on any atom is 0.209 e. The highest BCUT2D eigenvalue weighted by atomic mass is 32.2. The normalized spacial score (nSPS) is 13.9. The minimum Gasteiger partial charge on any atom is -0.375 e. The summed E-state index contributed by atoms with van der Waals surface area (Å²) in [5.74, 6) is 0.0117. The molecule has 0 heterocycles. The smallest absolute Gasteiger partial charge is 0.209 e. The van der Waals surface area contributed by atoms with Crippen LogP contribution >= 0.6 is 0 Å². The van der Waals surface area contributed by atoms with Gasteiger partial charge in [-0.3, -0.25) is 0 Å². The van der Waals surface area contributed by atoms with Crippen molar-refractivity contribution in [2.75, 3.05) is 12.4 Å². The first-order chi connectivity index (χ1) is 8.04. The minimum atomic E-state index is -3.47. The van der Waals surface area contributed by atoms with Crippen LogP contribution in [0.4, 0.5) is 0 Å². The zero-order chi connectivity index (χ0) is 14.4. The molecule has 110 valence electrons. The first-order valence-corrected chi connectivity index (χ1v) is 8.39. The molecule has 0 saturated heterocycles. The third kappa shape index (κ3) is 8.06. The van der Waals surface area contributed by atoms with Gasteiger partial charge < -0.3 is 4.74 Å². The Kier molecular flexibility index (Phi) is 6.82. The van der Waals surface area contributed by atoms with Gasteiger partial charge >= 0.3 is 0 Å². The van der Waals surface area contributed by atoms with Gasteiger partial charge in [0, 0.05) is 5.41 Å². The highest BCUT2D eigenvalue weighted by Gasteiger charge is 2.34. The molecule has 2 N–H and O–H groups in total. The van der Waals surface area contributed by atoms with Crippen LogP contribution in [0, 0.1) is 5.41 Å². The Morgan fingerprint density at radius 2 is 1.50 bits per heavy atom. The van der Waals surface area contributed by atoms with Gasteiger partial charge in [0.25, 0.3) is 0 Å².